The van der Waals surface area contributed by atoms with Crippen molar-refractivity contribution in [1.82, 2.24) is 15.3 Å². The number of carbonyl (C=O) groups is 1. The van der Waals surface area contributed by atoms with Gasteiger partial charge in [0, 0.05) is 12.1 Å². The topological polar surface area (TPSA) is 66.9 Å². The van der Waals surface area contributed by atoms with Crippen LogP contribution in [0.4, 0.5) is 5.82 Å². The Morgan fingerprint density at radius 1 is 1.47 bits per heavy atom. The molecule has 1 fully saturated rings. The Kier molecular flexibility index (Phi) is 3.24. The highest BCUT2D eigenvalue weighted by Gasteiger charge is 2.20. The fourth-order valence-corrected chi connectivity index (χ4v) is 1.68. The van der Waals surface area contributed by atoms with Gasteiger partial charge in [0.25, 0.3) is 0 Å². The van der Waals surface area contributed by atoms with Crippen LogP contribution in [0.1, 0.15) is 12.8 Å². The van der Waals surface area contributed by atoms with Gasteiger partial charge in [-0.3, -0.25) is 4.79 Å². The van der Waals surface area contributed by atoms with Crippen molar-refractivity contribution in [2.45, 2.75) is 12.8 Å². The fourth-order valence-electron chi connectivity index (χ4n) is 1.68. The Balaban J connectivity index is 1.91. The summed E-state index contributed by atoms with van der Waals surface area (Å²) in [5, 5.41) is 6.02. The van der Waals surface area contributed by atoms with Crippen LogP contribution < -0.4 is 10.6 Å². The van der Waals surface area contributed by atoms with Crippen LogP contribution in [0.5, 0.6) is 0 Å². The first-order valence-electron chi connectivity index (χ1n) is 5.14. The van der Waals surface area contributed by atoms with Crippen molar-refractivity contribution < 1.29 is 4.79 Å². The lowest BCUT2D eigenvalue weighted by Gasteiger charge is -2.21. The number of rotatable bonds is 2. The van der Waals surface area contributed by atoms with Gasteiger partial charge in [-0.2, -0.15) is 0 Å². The molecule has 0 bridgehead atoms. The summed E-state index contributed by atoms with van der Waals surface area (Å²) >= 11 is 0. The van der Waals surface area contributed by atoms with E-state index in [1.54, 1.807) is 12.3 Å². The van der Waals surface area contributed by atoms with Crippen LogP contribution in [-0.2, 0) is 4.79 Å². The Morgan fingerprint density at radius 2 is 2.27 bits per heavy atom. The number of carbonyl (C=O) groups excluding carboxylic acids is 1. The lowest BCUT2D eigenvalue weighted by molar-refractivity contribution is -0.120. The number of nitrogens with zero attached hydrogens (tertiary/aromatic N) is 2. The van der Waals surface area contributed by atoms with E-state index in [9.17, 15) is 4.79 Å². The maximum absolute atomic E-state index is 11.8. The molecule has 2 rings (SSSR count). The van der Waals surface area contributed by atoms with Crippen LogP contribution >= 0.6 is 0 Å². The van der Waals surface area contributed by atoms with Crippen molar-refractivity contribution in [2.24, 2.45) is 5.92 Å². The van der Waals surface area contributed by atoms with Gasteiger partial charge in [0.15, 0.2) is 0 Å². The van der Waals surface area contributed by atoms with Crippen molar-refractivity contribution in [3.8, 4) is 0 Å². The first kappa shape index (κ1) is 10.0. The standard InChI is InChI=1S/C10H14N4O/c15-10(8-1-4-11-5-2-8)14-9-3-6-12-7-13-9/h3,6-8,11H,1-2,4-5H2,(H,12,13,14,15). The maximum Gasteiger partial charge on any atom is 0.228 e. The zero-order valence-corrected chi connectivity index (χ0v) is 8.44. The minimum atomic E-state index is 0.0650. The van der Waals surface area contributed by atoms with E-state index in [0.717, 1.165) is 25.9 Å². The lowest BCUT2D eigenvalue weighted by atomic mass is 9.97. The minimum absolute atomic E-state index is 0.0650. The van der Waals surface area contributed by atoms with Crippen LogP contribution in [0.15, 0.2) is 18.6 Å². The summed E-state index contributed by atoms with van der Waals surface area (Å²) in [7, 11) is 0. The largest absolute Gasteiger partial charge is 0.317 e. The predicted octanol–water partition coefficient (Wildman–Crippen LogP) is 0.415. The third kappa shape index (κ3) is 2.73. The Labute approximate surface area is 88.3 Å². The minimum Gasteiger partial charge on any atom is -0.317 e. The van der Waals surface area contributed by atoms with E-state index in [1.165, 1.54) is 6.33 Å². The molecule has 1 aromatic heterocycles. The summed E-state index contributed by atoms with van der Waals surface area (Å²) in [6.45, 7) is 1.84. The van der Waals surface area contributed by atoms with Crippen LogP contribution in [0.2, 0.25) is 0 Å². The van der Waals surface area contributed by atoms with Crippen molar-refractivity contribution in [3.63, 3.8) is 0 Å². The van der Waals surface area contributed by atoms with E-state index in [2.05, 4.69) is 20.6 Å². The van der Waals surface area contributed by atoms with Gasteiger partial charge in [0.05, 0.1) is 0 Å². The van der Waals surface area contributed by atoms with Crippen molar-refractivity contribution in [2.75, 3.05) is 18.4 Å². The number of hydrogen-bond acceptors (Lipinski definition) is 4. The molecule has 0 radical (unpaired) electrons. The molecule has 80 valence electrons. The van der Waals surface area contributed by atoms with Crippen molar-refractivity contribution in [3.05, 3.63) is 18.6 Å². The first-order chi connectivity index (χ1) is 7.36. The summed E-state index contributed by atoms with van der Waals surface area (Å²) < 4.78 is 0. The predicted molar refractivity (Wildman–Crippen MR) is 56.3 cm³/mol. The quantitative estimate of drug-likeness (QED) is 0.735. The molecule has 0 aliphatic carbocycles. The highest BCUT2D eigenvalue weighted by Crippen LogP contribution is 2.13. The first-order valence-corrected chi connectivity index (χ1v) is 5.14. The van der Waals surface area contributed by atoms with Gasteiger partial charge < -0.3 is 10.6 Å². The zero-order valence-electron chi connectivity index (χ0n) is 8.44. The molecule has 1 aliphatic rings. The van der Waals surface area contributed by atoms with Gasteiger partial charge in [0.1, 0.15) is 12.1 Å². The summed E-state index contributed by atoms with van der Waals surface area (Å²) in [4.78, 5) is 19.5. The molecule has 0 aromatic carbocycles. The average molecular weight is 206 g/mol. The fraction of sp³-hybridized carbons (Fsp3) is 0.500. The molecule has 1 aromatic rings. The third-order valence-electron chi connectivity index (χ3n) is 2.54. The van der Waals surface area contributed by atoms with Gasteiger partial charge in [-0.1, -0.05) is 0 Å². The smallest absolute Gasteiger partial charge is 0.228 e. The van der Waals surface area contributed by atoms with Crippen LogP contribution in [0.3, 0.4) is 0 Å². The van der Waals surface area contributed by atoms with E-state index >= 15 is 0 Å². The van der Waals surface area contributed by atoms with Gasteiger partial charge in [-0.25, -0.2) is 9.97 Å². The summed E-state index contributed by atoms with van der Waals surface area (Å²) in [6, 6.07) is 1.69. The lowest BCUT2D eigenvalue weighted by Crippen LogP contribution is -2.34. The monoisotopic (exact) mass is 206 g/mol. The number of amides is 1. The van der Waals surface area contributed by atoms with Crippen molar-refractivity contribution in [1.29, 1.82) is 0 Å². The maximum atomic E-state index is 11.8. The molecule has 0 atom stereocenters. The molecular weight excluding hydrogens is 192 g/mol. The van der Waals surface area contributed by atoms with Gasteiger partial charge in [0.2, 0.25) is 5.91 Å². The van der Waals surface area contributed by atoms with Gasteiger partial charge >= 0.3 is 0 Å². The molecule has 0 saturated carbocycles. The Morgan fingerprint density at radius 3 is 2.93 bits per heavy atom. The summed E-state index contributed by atoms with van der Waals surface area (Å²) in [5.41, 5.74) is 0. The van der Waals surface area contributed by atoms with Gasteiger partial charge in [-0.15, -0.1) is 0 Å². The SMILES string of the molecule is O=C(Nc1ccncn1)C1CCNCC1. The molecular formula is C10H14N4O. The molecule has 1 saturated heterocycles. The Hall–Kier alpha value is -1.49. The third-order valence-corrected chi connectivity index (χ3v) is 2.54. The number of hydrogen-bond donors (Lipinski definition) is 2. The molecule has 2 N–H and O–H groups in total. The van der Waals surface area contributed by atoms with E-state index < -0.39 is 0 Å². The van der Waals surface area contributed by atoms with Crippen LogP contribution in [0.25, 0.3) is 0 Å². The van der Waals surface area contributed by atoms with Crippen LogP contribution in [0, 0.1) is 5.92 Å². The van der Waals surface area contributed by atoms with E-state index in [0.29, 0.717) is 5.82 Å². The number of nitrogens with one attached hydrogen (secondary N) is 2. The second kappa shape index (κ2) is 4.84. The zero-order chi connectivity index (χ0) is 10.5. The number of aromatic nitrogens is 2. The van der Waals surface area contributed by atoms with E-state index in [4.69, 9.17) is 0 Å². The van der Waals surface area contributed by atoms with E-state index in [1.807, 2.05) is 0 Å². The molecule has 1 amide bonds. The number of piperidine rings is 1. The molecule has 2 heterocycles. The molecule has 1 aliphatic heterocycles. The summed E-state index contributed by atoms with van der Waals surface area (Å²) in [6.07, 6.45) is 4.84. The van der Waals surface area contributed by atoms with Crippen LogP contribution in [-0.4, -0.2) is 29.0 Å². The molecule has 0 spiro atoms. The second-order valence-electron chi connectivity index (χ2n) is 3.61. The van der Waals surface area contributed by atoms with Gasteiger partial charge in [-0.05, 0) is 32.0 Å². The second-order valence-corrected chi connectivity index (χ2v) is 3.61. The molecule has 5 heteroatoms. The van der Waals surface area contributed by atoms with Crippen molar-refractivity contribution >= 4 is 11.7 Å². The Bertz CT molecular complexity index is 321. The summed E-state index contributed by atoms with van der Waals surface area (Å²) in [5.74, 6) is 0.755. The molecule has 5 nitrogen and oxygen atoms in total. The highest BCUT2D eigenvalue weighted by atomic mass is 16.1. The highest BCUT2D eigenvalue weighted by molar-refractivity contribution is 5.91. The van der Waals surface area contributed by atoms with E-state index in [-0.39, 0.29) is 11.8 Å². The number of anilines is 1. The average Bonchev–Trinajstić information content (AvgIpc) is 2.31. The molecule has 0 unspecified atom stereocenters. The molecule has 15 heavy (non-hydrogen) atoms. The normalized spacial score (nSPS) is 17.3.